The molecule has 348 valence electrons. The molecular weight excluding hydrogens is 817 g/mol. The average Bonchev–Trinajstić information content (AvgIpc) is 3.68. The van der Waals surface area contributed by atoms with E-state index in [4.69, 9.17) is 37.4 Å². The molecule has 9 heteroatoms. The molecule has 3 aliphatic heterocycles. The fraction of sp³-hybridized carbons (Fsp3) is 0.660. The van der Waals surface area contributed by atoms with Crippen LogP contribution in [0.4, 0.5) is 4.39 Å². The molecule has 3 saturated heterocycles. The van der Waals surface area contributed by atoms with Gasteiger partial charge in [-0.05, 0) is 147 Å². The lowest BCUT2D eigenvalue weighted by molar-refractivity contribution is 0.0887. The average molecular weight is 899 g/mol. The SMILES string of the molecule is CC(C)(C)c1ccc(OC2CCN(CCCF)C2)cc1.CC(C)(C)c1ccc(O[C@@H]2CCCN(CCCCl)C2)cc1.CC(C)(C)c1ccc(O[C@H]2CCCN(CCCCl)C2)cc1. The van der Waals surface area contributed by atoms with Gasteiger partial charge in [0, 0.05) is 44.5 Å². The van der Waals surface area contributed by atoms with Crippen LogP contribution in [0.3, 0.4) is 0 Å². The zero-order valence-corrected chi connectivity index (χ0v) is 41.5. The summed E-state index contributed by atoms with van der Waals surface area (Å²) >= 11 is 11.6. The molecule has 3 aromatic carbocycles. The maximum atomic E-state index is 12.2. The van der Waals surface area contributed by atoms with Crippen molar-refractivity contribution in [3.8, 4) is 17.2 Å². The van der Waals surface area contributed by atoms with Crippen molar-refractivity contribution in [2.24, 2.45) is 0 Å². The van der Waals surface area contributed by atoms with Crippen LogP contribution in [-0.4, -0.2) is 110 Å². The molecule has 0 amide bonds. The molecule has 3 heterocycles. The van der Waals surface area contributed by atoms with Gasteiger partial charge in [-0.1, -0.05) is 98.7 Å². The molecule has 0 aromatic heterocycles. The van der Waals surface area contributed by atoms with Crippen molar-refractivity contribution in [3.63, 3.8) is 0 Å². The molecule has 62 heavy (non-hydrogen) atoms. The van der Waals surface area contributed by atoms with Gasteiger partial charge in [-0.2, -0.15) is 0 Å². The molecule has 6 nitrogen and oxygen atoms in total. The Morgan fingerprint density at radius 2 is 0.774 bits per heavy atom. The summed E-state index contributed by atoms with van der Waals surface area (Å²) in [6, 6.07) is 25.6. The van der Waals surface area contributed by atoms with E-state index in [0.717, 1.165) is 107 Å². The van der Waals surface area contributed by atoms with E-state index in [0.29, 0.717) is 18.6 Å². The van der Waals surface area contributed by atoms with E-state index >= 15 is 0 Å². The molecule has 0 saturated carbocycles. The van der Waals surface area contributed by atoms with Crippen LogP contribution in [0, 0.1) is 0 Å². The first-order chi connectivity index (χ1) is 29.5. The number of halogens is 3. The van der Waals surface area contributed by atoms with E-state index in [1.165, 1.54) is 42.6 Å². The van der Waals surface area contributed by atoms with E-state index in [9.17, 15) is 4.39 Å². The van der Waals surface area contributed by atoms with Gasteiger partial charge in [0.15, 0.2) is 0 Å². The normalized spacial score (nSPS) is 20.4. The van der Waals surface area contributed by atoms with Gasteiger partial charge in [0.2, 0.25) is 0 Å². The molecule has 0 spiro atoms. The second kappa shape index (κ2) is 25.8. The third-order valence-corrected chi connectivity index (χ3v) is 12.6. The number of hydrogen-bond donors (Lipinski definition) is 0. The van der Waals surface area contributed by atoms with Crippen LogP contribution < -0.4 is 14.2 Å². The Morgan fingerprint density at radius 3 is 1.08 bits per heavy atom. The Kier molecular flexibility index (Phi) is 21.7. The molecule has 3 fully saturated rings. The molecule has 1 unspecified atom stereocenters. The Balaban J connectivity index is 0.000000205. The summed E-state index contributed by atoms with van der Waals surface area (Å²) < 4.78 is 30.5. The number of ether oxygens (including phenoxy) is 3. The highest BCUT2D eigenvalue weighted by atomic mass is 35.5. The van der Waals surface area contributed by atoms with E-state index < -0.39 is 0 Å². The molecule has 0 aliphatic carbocycles. The minimum Gasteiger partial charge on any atom is -0.489 e. The summed E-state index contributed by atoms with van der Waals surface area (Å²) in [5.41, 5.74) is 4.59. The number of benzene rings is 3. The highest BCUT2D eigenvalue weighted by Crippen LogP contribution is 2.28. The van der Waals surface area contributed by atoms with Crippen LogP contribution in [0.15, 0.2) is 72.8 Å². The number of alkyl halides is 3. The second-order valence-electron chi connectivity index (χ2n) is 20.6. The molecule has 3 atom stereocenters. The highest BCUT2D eigenvalue weighted by Gasteiger charge is 2.25. The lowest BCUT2D eigenvalue weighted by Crippen LogP contribution is -2.41. The predicted molar refractivity (Wildman–Crippen MR) is 262 cm³/mol. The van der Waals surface area contributed by atoms with Crippen LogP contribution in [0.1, 0.15) is 130 Å². The first-order valence-corrected chi connectivity index (χ1v) is 24.7. The second-order valence-corrected chi connectivity index (χ2v) is 21.4. The van der Waals surface area contributed by atoms with Gasteiger partial charge in [0.05, 0.1) is 6.67 Å². The zero-order chi connectivity index (χ0) is 45.2. The van der Waals surface area contributed by atoms with E-state index in [1.54, 1.807) is 0 Å². The summed E-state index contributed by atoms with van der Waals surface area (Å²) in [6.45, 7) is 29.2. The number of likely N-dealkylation sites (tertiary alicyclic amines) is 3. The van der Waals surface area contributed by atoms with Crippen LogP contribution in [0.5, 0.6) is 17.2 Å². The van der Waals surface area contributed by atoms with Gasteiger partial charge >= 0.3 is 0 Å². The van der Waals surface area contributed by atoms with Crippen molar-refractivity contribution in [1.82, 2.24) is 14.7 Å². The number of hydrogen-bond acceptors (Lipinski definition) is 6. The Labute approximate surface area is 387 Å². The van der Waals surface area contributed by atoms with Gasteiger partial charge < -0.3 is 14.2 Å². The van der Waals surface area contributed by atoms with Crippen LogP contribution in [-0.2, 0) is 16.2 Å². The monoisotopic (exact) mass is 898 g/mol. The van der Waals surface area contributed by atoms with Crippen molar-refractivity contribution in [1.29, 1.82) is 0 Å². The topological polar surface area (TPSA) is 37.4 Å². The van der Waals surface area contributed by atoms with Gasteiger partial charge in [0.1, 0.15) is 35.6 Å². The Morgan fingerprint density at radius 1 is 0.468 bits per heavy atom. The van der Waals surface area contributed by atoms with Crippen molar-refractivity contribution >= 4 is 23.2 Å². The maximum absolute atomic E-state index is 12.2. The maximum Gasteiger partial charge on any atom is 0.119 e. The number of piperidine rings is 2. The summed E-state index contributed by atoms with van der Waals surface area (Å²) in [5.74, 6) is 4.42. The third kappa shape index (κ3) is 18.9. The Hall–Kier alpha value is -2.55. The van der Waals surface area contributed by atoms with E-state index in [2.05, 4.69) is 150 Å². The van der Waals surface area contributed by atoms with Crippen molar-refractivity contribution in [2.75, 3.05) is 77.3 Å². The fourth-order valence-corrected chi connectivity index (χ4v) is 8.49. The zero-order valence-electron chi connectivity index (χ0n) is 40.0. The fourth-order valence-electron chi connectivity index (χ4n) is 8.25. The molecule has 0 N–H and O–H groups in total. The highest BCUT2D eigenvalue weighted by molar-refractivity contribution is 6.18. The quantitative estimate of drug-likeness (QED) is 0.142. The number of nitrogens with zero attached hydrogens (tertiary/aromatic N) is 3. The third-order valence-electron chi connectivity index (χ3n) is 12.0. The van der Waals surface area contributed by atoms with Crippen LogP contribution >= 0.6 is 23.2 Å². The smallest absolute Gasteiger partial charge is 0.119 e. The van der Waals surface area contributed by atoms with Gasteiger partial charge in [-0.15, -0.1) is 23.2 Å². The first kappa shape index (κ1) is 52.1. The predicted octanol–water partition coefficient (Wildman–Crippen LogP) is 12.7. The lowest BCUT2D eigenvalue weighted by Gasteiger charge is -2.32. The van der Waals surface area contributed by atoms with Gasteiger partial charge in [0.25, 0.3) is 0 Å². The largest absolute Gasteiger partial charge is 0.489 e. The van der Waals surface area contributed by atoms with Crippen molar-refractivity contribution < 1.29 is 18.6 Å². The molecular formula is C53H82Cl2FN3O3. The van der Waals surface area contributed by atoms with Crippen molar-refractivity contribution in [2.45, 2.75) is 148 Å². The molecule has 6 rings (SSSR count). The minimum atomic E-state index is -0.226. The van der Waals surface area contributed by atoms with Crippen LogP contribution in [0.2, 0.25) is 0 Å². The number of rotatable bonds is 15. The summed E-state index contributed by atoms with van der Waals surface area (Å²) in [4.78, 5) is 7.23. The van der Waals surface area contributed by atoms with E-state index in [1.807, 2.05) is 0 Å². The molecule has 3 aliphatic rings. The summed E-state index contributed by atoms with van der Waals surface area (Å²) in [5, 5.41) is 0. The lowest BCUT2D eigenvalue weighted by atomic mass is 9.87. The van der Waals surface area contributed by atoms with Crippen LogP contribution in [0.25, 0.3) is 0 Å². The molecule has 0 bridgehead atoms. The molecule has 3 aromatic rings. The first-order valence-electron chi connectivity index (χ1n) is 23.6. The Bertz CT molecular complexity index is 1570. The van der Waals surface area contributed by atoms with E-state index in [-0.39, 0.29) is 29.0 Å². The minimum absolute atomic E-state index is 0.176. The van der Waals surface area contributed by atoms with Gasteiger partial charge in [-0.3, -0.25) is 19.1 Å². The summed E-state index contributed by atoms with van der Waals surface area (Å²) in [6.07, 6.45) is 9.40. The summed E-state index contributed by atoms with van der Waals surface area (Å²) in [7, 11) is 0. The standard InChI is InChI=1S/2C18H28ClNO.C17H26FNO/c2*1-18(2,3)15-7-9-16(10-8-15)21-17-6-4-12-20(14-17)13-5-11-19;1-17(2,3)14-5-7-15(8-6-14)20-16-9-12-19(13-16)11-4-10-18/h2*7-10,17H,4-6,11-14H2,1-3H3;5-8,16H,4,9-13H2,1-3H3/t2*17-;/m10./s1. The van der Waals surface area contributed by atoms with Crippen molar-refractivity contribution in [3.05, 3.63) is 89.5 Å². The molecule has 0 radical (unpaired) electrons. The van der Waals surface area contributed by atoms with Gasteiger partial charge in [-0.25, -0.2) is 0 Å².